The molecule has 0 N–H and O–H groups in total. The average Bonchev–Trinajstić information content (AvgIpc) is 2.79. The van der Waals surface area contributed by atoms with Crippen molar-refractivity contribution in [2.45, 2.75) is 18.6 Å². The summed E-state index contributed by atoms with van der Waals surface area (Å²) in [5, 5.41) is 0.425. The van der Waals surface area contributed by atoms with Crippen molar-refractivity contribution in [3.05, 3.63) is 35.4 Å². The van der Waals surface area contributed by atoms with Gasteiger partial charge in [0.1, 0.15) is 10.9 Å². The topological polar surface area (TPSA) is 40.6 Å². The monoisotopic (exact) mass is 380 g/mol. The lowest BCUT2D eigenvalue weighted by molar-refractivity contribution is -0.135. The highest BCUT2D eigenvalue weighted by atomic mass is 32.2. The zero-order valence-corrected chi connectivity index (χ0v) is 16.0. The van der Waals surface area contributed by atoms with Crippen LogP contribution in [0, 0.1) is 6.92 Å². The summed E-state index contributed by atoms with van der Waals surface area (Å²) in [4.78, 5) is 27.7. The van der Waals surface area contributed by atoms with Gasteiger partial charge >= 0.3 is 0 Å². The van der Waals surface area contributed by atoms with Crippen LogP contribution in [0.4, 0.5) is 0 Å². The molecule has 3 rings (SSSR count). The molecule has 0 aliphatic carbocycles. The molecule has 24 heavy (non-hydrogen) atoms. The minimum Gasteiger partial charge on any atom is -0.340 e. The Morgan fingerprint density at radius 1 is 1.33 bits per heavy atom. The molecule has 2 saturated heterocycles. The van der Waals surface area contributed by atoms with E-state index in [2.05, 4.69) is 31.2 Å². The van der Waals surface area contributed by atoms with Crippen LogP contribution in [-0.2, 0) is 9.59 Å². The quantitative estimate of drug-likeness (QED) is 0.754. The first-order chi connectivity index (χ1) is 11.6. The fourth-order valence-electron chi connectivity index (χ4n) is 2.99. The van der Waals surface area contributed by atoms with Crippen LogP contribution in [0.15, 0.2) is 24.3 Å². The van der Waals surface area contributed by atoms with Gasteiger partial charge in [-0.15, -0.1) is 0 Å². The van der Waals surface area contributed by atoms with Gasteiger partial charge in [-0.05, 0) is 24.5 Å². The van der Waals surface area contributed by atoms with Gasteiger partial charge in [0.15, 0.2) is 0 Å². The van der Waals surface area contributed by atoms with Crippen LogP contribution in [0.1, 0.15) is 22.8 Å². The normalized spacial score (nSPS) is 22.0. The fourth-order valence-corrected chi connectivity index (χ4v) is 5.38. The molecule has 0 unspecified atom stereocenters. The number of thiocarbonyl (C=S) groups is 1. The minimum atomic E-state index is -0.0552. The first-order valence-corrected chi connectivity index (χ1v) is 10.4. The molecule has 2 fully saturated rings. The van der Waals surface area contributed by atoms with E-state index in [0.717, 1.165) is 25.3 Å². The summed E-state index contributed by atoms with van der Waals surface area (Å²) in [5.74, 6) is 1.22. The van der Waals surface area contributed by atoms with Crippen LogP contribution in [0.25, 0.3) is 0 Å². The number of carbonyl (C=O) groups excluding carboxylic acids is 2. The van der Waals surface area contributed by atoms with E-state index in [0.29, 0.717) is 15.3 Å². The lowest BCUT2D eigenvalue weighted by Gasteiger charge is -2.23. The highest BCUT2D eigenvalue weighted by Gasteiger charge is 2.31. The van der Waals surface area contributed by atoms with Crippen LogP contribution in [0.3, 0.4) is 0 Å². The zero-order valence-electron chi connectivity index (χ0n) is 13.6. The molecule has 0 radical (unpaired) electrons. The van der Waals surface area contributed by atoms with Crippen LogP contribution >= 0.6 is 35.7 Å². The maximum Gasteiger partial charge on any atom is 0.242 e. The first-order valence-electron chi connectivity index (χ1n) is 7.98. The molecule has 2 aliphatic heterocycles. The van der Waals surface area contributed by atoms with E-state index in [1.807, 2.05) is 16.7 Å². The maximum absolute atomic E-state index is 12.6. The van der Waals surface area contributed by atoms with Gasteiger partial charge in [0.2, 0.25) is 11.8 Å². The van der Waals surface area contributed by atoms with E-state index >= 15 is 0 Å². The van der Waals surface area contributed by atoms with E-state index in [4.69, 9.17) is 12.2 Å². The lowest BCUT2D eigenvalue weighted by Crippen LogP contribution is -2.43. The molecule has 1 aromatic carbocycles. The summed E-state index contributed by atoms with van der Waals surface area (Å²) in [6.07, 6.45) is 0.939. The molecule has 128 valence electrons. The summed E-state index contributed by atoms with van der Waals surface area (Å²) >= 11 is 8.40. The second kappa shape index (κ2) is 7.89. The molecule has 0 saturated carbocycles. The summed E-state index contributed by atoms with van der Waals surface area (Å²) in [7, 11) is 0. The third-order valence-electron chi connectivity index (χ3n) is 4.36. The first kappa shape index (κ1) is 17.8. The highest BCUT2D eigenvalue weighted by Crippen LogP contribution is 2.36. The SMILES string of the molecule is Cc1ccccc1[C@H]1CCN(C(=O)CN2C(=O)CSC2=S)CCS1. The van der Waals surface area contributed by atoms with Gasteiger partial charge in [-0.3, -0.25) is 14.5 Å². The maximum atomic E-state index is 12.6. The molecule has 4 nitrogen and oxygen atoms in total. The van der Waals surface area contributed by atoms with Gasteiger partial charge in [0.05, 0.1) is 5.75 Å². The molecule has 2 aliphatic rings. The lowest BCUT2D eigenvalue weighted by atomic mass is 10.0. The van der Waals surface area contributed by atoms with Crippen LogP contribution in [0.5, 0.6) is 0 Å². The molecular formula is C17H20N2O2S3. The van der Waals surface area contributed by atoms with Crippen molar-refractivity contribution in [3.8, 4) is 0 Å². The summed E-state index contributed by atoms with van der Waals surface area (Å²) in [6, 6.07) is 8.46. The third kappa shape index (κ3) is 3.95. The number of carbonyl (C=O) groups is 2. The molecule has 2 heterocycles. The summed E-state index contributed by atoms with van der Waals surface area (Å²) in [6.45, 7) is 3.69. The highest BCUT2D eigenvalue weighted by molar-refractivity contribution is 8.23. The number of aryl methyl sites for hydroxylation is 1. The number of amides is 2. The van der Waals surface area contributed by atoms with Gasteiger partial charge in [0.25, 0.3) is 0 Å². The van der Waals surface area contributed by atoms with Crippen molar-refractivity contribution in [1.82, 2.24) is 9.80 Å². The Balaban J connectivity index is 1.61. The number of hydrogen-bond acceptors (Lipinski definition) is 5. The van der Waals surface area contributed by atoms with Crippen molar-refractivity contribution in [3.63, 3.8) is 0 Å². The zero-order chi connectivity index (χ0) is 17.1. The predicted octanol–water partition coefficient (Wildman–Crippen LogP) is 2.86. The second-order valence-corrected chi connectivity index (χ2v) is 8.84. The van der Waals surface area contributed by atoms with E-state index in [9.17, 15) is 9.59 Å². The van der Waals surface area contributed by atoms with E-state index < -0.39 is 0 Å². The molecule has 1 aromatic rings. The van der Waals surface area contributed by atoms with E-state index in [1.165, 1.54) is 27.8 Å². The molecule has 7 heteroatoms. The van der Waals surface area contributed by atoms with Gasteiger partial charge in [-0.25, -0.2) is 0 Å². The molecule has 0 spiro atoms. The fraction of sp³-hybridized carbons (Fsp3) is 0.471. The summed E-state index contributed by atoms with van der Waals surface area (Å²) < 4.78 is 0.523. The average molecular weight is 381 g/mol. The Bertz CT molecular complexity index is 649. The summed E-state index contributed by atoms with van der Waals surface area (Å²) in [5.41, 5.74) is 2.67. The Hall–Kier alpha value is -1.05. The van der Waals surface area contributed by atoms with Crippen molar-refractivity contribution >= 4 is 51.9 Å². The number of benzene rings is 1. The molecule has 2 amide bonds. The number of nitrogens with zero attached hydrogens (tertiary/aromatic N) is 2. The van der Waals surface area contributed by atoms with Crippen LogP contribution < -0.4 is 0 Å². The van der Waals surface area contributed by atoms with Gasteiger partial charge in [0, 0.05) is 24.1 Å². The molecule has 0 bridgehead atoms. The van der Waals surface area contributed by atoms with Crippen molar-refractivity contribution in [2.24, 2.45) is 0 Å². The van der Waals surface area contributed by atoms with Crippen LogP contribution in [0.2, 0.25) is 0 Å². The standard InChI is InChI=1S/C17H20N2O2S3/c1-12-4-2-3-5-13(12)14-6-7-18(8-9-23-14)15(20)10-19-16(21)11-24-17(19)22/h2-5,14H,6-11H2,1H3/t14-/m1/s1. The van der Waals surface area contributed by atoms with Crippen molar-refractivity contribution in [2.75, 3.05) is 31.1 Å². The molecule has 0 aromatic heterocycles. The minimum absolute atomic E-state index is 0.000710. The Kier molecular flexibility index (Phi) is 5.84. The van der Waals surface area contributed by atoms with Crippen molar-refractivity contribution in [1.29, 1.82) is 0 Å². The van der Waals surface area contributed by atoms with E-state index in [1.54, 1.807) is 0 Å². The van der Waals surface area contributed by atoms with Gasteiger partial charge in [-0.1, -0.05) is 48.2 Å². The largest absolute Gasteiger partial charge is 0.340 e. The van der Waals surface area contributed by atoms with Crippen molar-refractivity contribution < 1.29 is 9.59 Å². The Labute approximate surface area is 156 Å². The molecular weight excluding hydrogens is 360 g/mol. The molecule has 1 atom stereocenters. The number of rotatable bonds is 3. The Morgan fingerprint density at radius 3 is 2.83 bits per heavy atom. The smallest absolute Gasteiger partial charge is 0.242 e. The predicted molar refractivity (Wildman–Crippen MR) is 104 cm³/mol. The second-order valence-electron chi connectivity index (χ2n) is 5.92. The Morgan fingerprint density at radius 2 is 2.12 bits per heavy atom. The number of hydrogen-bond donors (Lipinski definition) is 0. The van der Waals surface area contributed by atoms with Crippen LogP contribution in [-0.4, -0.2) is 57.1 Å². The van der Waals surface area contributed by atoms with Gasteiger partial charge < -0.3 is 4.90 Å². The third-order valence-corrected chi connectivity index (χ3v) is 7.11. The van der Waals surface area contributed by atoms with E-state index in [-0.39, 0.29) is 18.4 Å². The van der Waals surface area contributed by atoms with Gasteiger partial charge in [-0.2, -0.15) is 11.8 Å². The number of thioether (sulfide) groups is 2.